The first-order valence-corrected chi connectivity index (χ1v) is 7.39. The Morgan fingerprint density at radius 1 is 1.11 bits per heavy atom. The van der Waals surface area contributed by atoms with E-state index in [1.807, 2.05) is 11.8 Å². The summed E-state index contributed by atoms with van der Waals surface area (Å²) < 4.78 is 0. The fourth-order valence-corrected chi connectivity index (χ4v) is 3.92. The summed E-state index contributed by atoms with van der Waals surface area (Å²) in [6.07, 6.45) is 5.91. The quantitative estimate of drug-likeness (QED) is 0.775. The van der Waals surface area contributed by atoms with E-state index in [0.717, 1.165) is 12.8 Å². The first-order valence-electron chi connectivity index (χ1n) is 7.39. The van der Waals surface area contributed by atoms with Gasteiger partial charge in [-0.15, -0.1) is 0 Å². The summed E-state index contributed by atoms with van der Waals surface area (Å²) >= 11 is 0. The topological polar surface area (TPSA) is 52.6 Å². The zero-order chi connectivity index (χ0) is 13.6. The van der Waals surface area contributed by atoms with Gasteiger partial charge in [-0.2, -0.15) is 0 Å². The highest BCUT2D eigenvalue weighted by molar-refractivity contribution is 5.97. The highest BCUT2D eigenvalue weighted by Gasteiger charge is 2.41. The van der Waals surface area contributed by atoms with Gasteiger partial charge in [0.2, 0.25) is 5.91 Å². The van der Waals surface area contributed by atoms with Crippen LogP contribution in [-0.4, -0.2) is 53.5 Å². The van der Waals surface area contributed by atoms with Gasteiger partial charge in [0, 0.05) is 24.7 Å². The van der Waals surface area contributed by atoms with E-state index in [2.05, 4.69) is 17.3 Å². The Bertz CT molecular complexity index is 384. The Morgan fingerprint density at radius 3 is 2.37 bits per heavy atom. The molecule has 3 aliphatic heterocycles. The van der Waals surface area contributed by atoms with Crippen LogP contribution < -0.4 is 5.32 Å². The molecular formula is C14H23N3O2. The molecule has 0 radical (unpaired) electrons. The van der Waals surface area contributed by atoms with Crippen LogP contribution in [0.3, 0.4) is 0 Å². The van der Waals surface area contributed by atoms with Gasteiger partial charge in [0.25, 0.3) is 0 Å². The highest BCUT2D eigenvalue weighted by Crippen LogP contribution is 2.35. The molecule has 106 valence electrons. The minimum absolute atomic E-state index is 0.0859. The molecule has 3 aliphatic rings. The van der Waals surface area contributed by atoms with Crippen molar-refractivity contribution >= 4 is 11.9 Å². The monoisotopic (exact) mass is 265 g/mol. The van der Waals surface area contributed by atoms with Gasteiger partial charge in [-0.1, -0.05) is 13.3 Å². The average molecular weight is 265 g/mol. The lowest BCUT2D eigenvalue weighted by Crippen LogP contribution is -2.62. The molecule has 0 aliphatic carbocycles. The van der Waals surface area contributed by atoms with Crippen LogP contribution in [0.5, 0.6) is 0 Å². The van der Waals surface area contributed by atoms with Gasteiger partial charge in [-0.05, 0) is 32.7 Å². The zero-order valence-corrected chi connectivity index (χ0v) is 11.8. The van der Waals surface area contributed by atoms with Gasteiger partial charge < -0.3 is 9.80 Å². The van der Waals surface area contributed by atoms with Crippen molar-refractivity contribution in [3.8, 4) is 0 Å². The van der Waals surface area contributed by atoms with Crippen molar-refractivity contribution in [1.29, 1.82) is 0 Å². The van der Waals surface area contributed by atoms with Crippen LogP contribution in [0, 0.1) is 5.92 Å². The number of amides is 3. The first-order chi connectivity index (χ1) is 9.06. The molecule has 2 bridgehead atoms. The third kappa shape index (κ3) is 2.24. The molecule has 5 heteroatoms. The Hall–Kier alpha value is -1.10. The summed E-state index contributed by atoms with van der Waals surface area (Å²) in [5.41, 5.74) is 0. The number of hydrogen-bond donors (Lipinski definition) is 1. The molecule has 0 aromatic rings. The lowest BCUT2D eigenvalue weighted by molar-refractivity contribution is -0.126. The summed E-state index contributed by atoms with van der Waals surface area (Å²) in [5.74, 6) is -0.216. The molecule has 3 heterocycles. The molecule has 3 amide bonds. The normalized spacial score (nSPS) is 40.2. The van der Waals surface area contributed by atoms with Crippen molar-refractivity contribution < 1.29 is 9.59 Å². The van der Waals surface area contributed by atoms with Gasteiger partial charge in [0.15, 0.2) is 0 Å². The second kappa shape index (κ2) is 4.78. The molecule has 3 atom stereocenters. The van der Waals surface area contributed by atoms with Crippen LogP contribution in [0.2, 0.25) is 0 Å². The second-order valence-electron chi connectivity index (χ2n) is 6.38. The summed E-state index contributed by atoms with van der Waals surface area (Å²) in [7, 11) is 2.22. The second-order valence-corrected chi connectivity index (χ2v) is 6.38. The number of carbonyl (C=O) groups excluding carboxylic acids is 2. The fourth-order valence-electron chi connectivity index (χ4n) is 3.92. The summed E-state index contributed by atoms with van der Waals surface area (Å²) in [5, 5.41) is 2.49. The number of urea groups is 1. The largest absolute Gasteiger partial charge is 0.324 e. The summed E-state index contributed by atoms with van der Waals surface area (Å²) in [4.78, 5) is 27.9. The lowest BCUT2D eigenvalue weighted by atomic mass is 9.81. The molecule has 3 fully saturated rings. The van der Waals surface area contributed by atoms with Crippen LogP contribution in [0.1, 0.15) is 39.0 Å². The average Bonchev–Trinajstić information content (AvgIpc) is 2.34. The van der Waals surface area contributed by atoms with E-state index < -0.39 is 0 Å². The third-order valence-corrected chi connectivity index (χ3v) is 5.16. The van der Waals surface area contributed by atoms with Crippen LogP contribution >= 0.6 is 0 Å². The van der Waals surface area contributed by atoms with Crippen molar-refractivity contribution in [3.05, 3.63) is 0 Å². The maximum Gasteiger partial charge on any atom is 0.324 e. The van der Waals surface area contributed by atoms with Crippen LogP contribution in [0.4, 0.5) is 4.79 Å². The molecule has 5 nitrogen and oxygen atoms in total. The lowest BCUT2D eigenvalue weighted by Gasteiger charge is -2.50. The van der Waals surface area contributed by atoms with Crippen LogP contribution in [0.25, 0.3) is 0 Å². The predicted octanol–water partition coefficient (Wildman–Crippen LogP) is 1.19. The fraction of sp³-hybridized carbons (Fsp3) is 0.857. The Morgan fingerprint density at radius 2 is 1.74 bits per heavy atom. The van der Waals surface area contributed by atoms with Crippen molar-refractivity contribution in [2.75, 3.05) is 13.6 Å². The molecule has 0 spiro atoms. The molecule has 0 aromatic carbocycles. The Balaban J connectivity index is 1.72. The standard InChI is InChI=1S/C14H23N3O2/c1-9-8-17(14(19)15-13(9)18)12-6-10-4-3-5-11(7-12)16(10)2/h9-12H,3-8H2,1-2H3,(H,15,18,19). The SMILES string of the molecule is CC1CN(C2CC3CCCC(C2)N3C)C(=O)NC1=O. The third-order valence-electron chi connectivity index (χ3n) is 5.16. The van der Waals surface area contributed by atoms with Gasteiger partial charge in [-0.25, -0.2) is 4.79 Å². The minimum atomic E-state index is -0.185. The van der Waals surface area contributed by atoms with Gasteiger partial charge >= 0.3 is 6.03 Å². The molecule has 3 rings (SSSR count). The maximum atomic E-state index is 12.0. The molecular weight excluding hydrogens is 242 g/mol. The van der Waals surface area contributed by atoms with E-state index >= 15 is 0 Å². The number of rotatable bonds is 1. The Kier molecular flexibility index (Phi) is 3.25. The number of imide groups is 1. The molecule has 19 heavy (non-hydrogen) atoms. The van der Waals surface area contributed by atoms with Crippen LogP contribution in [0.15, 0.2) is 0 Å². The maximum absolute atomic E-state index is 12.0. The van der Waals surface area contributed by atoms with Gasteiger partial charge in [-0.3, -0.25) is 10.1 Å². The van der Waals surface area contributed by atoms with Gasteiger partial charge in [0.1, 0.15) is 0 Å². The molecule has 1 N–H and O–H groups in total. The zero-order valence-electron chi connectivity index (χ0n) is 11.8. The van der Waals surface area contributed by atoms with E-state index in [-0.39, 0.29) is 17.9 Å². The summed E-state index contributed by atoms with van der Waals surface area (Å²) in [6.45, 7) is 2.48. The van der Waals surface area contributed by atoms with Crippen molar-refractivity contribution in [3.63, 3.8) is 0 Å². The van der Waals surface area contributed by atoms with Crippen molar-refractivity contribution in [2.24, 2.45) is 5.92 Å². The number of nitrogens with zero attached hydrogens (tertiary/aromatic N) is 2. The van der Waals surface area contributed by atoms with E-state index in [4.69, 9.17) is 0 Å². The predicted molar refractivity (Wildman–Crippen MR) is 71.6 cm³/mol. The number of hydrogen-bond acceptors (Lipinski definition) is 3. The van der Waals surface area contributed by atoms with E-state index in [1.54, 1.807) is 0 Å². The number of piperidine rings is 2. The molecule has 3 unspecified atom stereocenters. The van der Waals surface area contributed by atoms with Crippen molar-refractivity contribution in [2.45, 2.75) is 57.2 Å². The van der Waals surface area contributed by atoms with Gasteiger partial charge in [0.05, 0.1) is 5.92 Å². The molecule has 0 saturated carbocycles. The highest BCUT2D eigenvalue weighted by atomic mass is 16.2. The van der Waals surface area contributed by atoms with Crippen molar-refractivity contribution in [1.82, 2.24) is 15.1 Å². The number of nitrogens with one attached hydrogen (secondary N) is 1. The minimum Gasteiger partial charge on any atom is -0.321 e. The molecule has 3 saturated heterocycles. The first kappa shape index (κ1) is 12.9. The molecule has 0 aromatic heterocycles. The van der Waals surface area contributed by atoms with E-state index in [9.17, 15) is 9.59 Å². The smallest absolute Gasteiger partial charge is 0.321 e. The number of carbonyl (C=O) groups is 2. The van der Waals surface area contributed by atoms with Crippen LogP contribution in [-0.2, 0) is 4.79 Å². The number of fused-ring (bicyclic) bond motifs is 2. The van der Waals surface area contributed by atoms with E-state index in [0.29, 0.717) is 24.7 Å². The summed E-state index contributed by atoms with van der Waals surface area (Å²) in [6, 6.07) is 1.34. The van der Waals surface area contributed by atoms with E-state index in [1.165, 1.54) is 19.3 Å². The Labute approximate surface area is 114 Å².